The smallest absolute Gasteiger partial charge is 0.265 e. The number of carbonyl (C=O) groups excluding carboxylic acids is 2. The van der Waals surface area contributed by atoms with Gasteiger partial charge in [0.25, 0.3) is 11.8 Å². The number of carbonyl (C=O) groups is 2. The van der Waals surface area contributed by atoms with Crippen molar-refractivity contribution >= 4 is 28.8 Å². The lowest BCUT2D eigenvalue weighted by Crippen LogP contribution is -2.47. The average molecular weight is 329 g/mol. The first-order chi connectivity index (χ1) is 11.1. The Morgan fingerprint density at radius 2 is 1.87 bits per heavy atom. The molecule has 0 saturated carbocycles. The second kappa shape index (κ2) is 6.93. The molecule has 1 N–H and O–H groups in total. The Labute approximate surface area is 139 Å². The van der Waals surface area contributed by atoms with Crippen molar-refractivity contribution in [2.45, 2.75) is 0 Å². The molecule has 120 valence electrons. The summed E-state index contributed by atoms with van der Waals surface area (Å²) in [6.07, 6.45) is 0. The summed E-state index contributed by atoms with van der Waals surface area (Å²) in [6.45, 7) is 3.25. The molecule has 0 unspecified atom stereocenters. The van der Waals surface area contributed by atoms with E-state index in [0.717, 1.165) is 26.2 Å². The third-order valence-corrected chi connectivity index (χ3v) is 4.77. The number of rotatable bonds is 3. The van der Waals surface area contributed by atoms with E-state index in [1.54, 1.807) is 30.3 Å². The summed E-state index contributed by atoms with van der Waals surface area (Å²) < 4.78 is 0. The van der Waals surface area contributed by atoms with Gasteiger partial charge in [-0.15, -0.1) is 11.3 Å². The fourth-order valence-corrected chi connectivity index (χ4v) is 3.14. The van der Waals surface area contributed by atoms with E-state index in [-0.39, 0.29) is 11.8 Å². The molecular weight excluding hydrogens is 310 g/mol. The van der Waals surface area contributed by atoms with Crippen LogP contribution >= 0.6 is 11.3 Å². The number of anilines is 1. The predicted molar refractivity (Wildman–Crippen MR) is 92.1 cm³/mol. The van der Waals surface area contributed by atoms with Crippen molar-refractivity contribution < 1.29 is 9.59 Å². The van der Waals surface area contributed by atoms with Crippen molar-refractivity contribution in [3.63, 3.8) is 0 Å². The monoisotopic (exact) mass is 329 g/mol. The molecule has 5 nitrogen and oxygen atoms in total. The lowest BCUT2D eigenvalue weighted by molar-refractivity contribution is 0.0664. The molecule has 1 fully saturated rings. The van der Waals surface area contributed by atoms with Gasteiger partial charge in [0.1, 0.15) is 0 Å². The van der Waals surface area contributed by atoms with Crippen LogP contribution in [-0.4, -0.2) is 54.8 Å². The Bertz CT molecular complexity index is 692. The summed E-state index contributed by atoms with van der Waals surface area (Å²) in [7, 11) is 2.06. The second-order valence-electron chi connectivity index (χ2n) is 5.61. The summed E-state index contributed by atoms with van der Waals surface area (Å²) in [6, 6.07) is 10.7. The molecule has 1 aromatic carbocycles. The van der Waals surface area contributed by atoms with Crippen LogP contribution in [0, 0.1) is 0 Å². The molecule has 1 aliphatic rings. The first kappa shape index (κ1) is 15.7. The molecule has 0 radical (unpaired) electrons. The van der Waals surface area contributed by atoms with Gasteiger partial charge < -0.3 is 15.1 Å². The van der Waals surface area contributed by atoms with Crippen molar-refractivity contribution in [3.8, 4) is 0 Å². The molecule has 1 aliphatic heterocycles. The molecule has 3 rings (SSSR count). The van der Waals surface area contributed by atoms with Crippen LogP contribution < -0.4 is 5.32 Å². The van der Waals surface area contributed by atoms with Crippen LogP contribution in [-0.2, 0) is 0 Å². The highest BCUT2D eigenvalue weighted by Crippen LogP contribution is 2.16. The van der Waals surface area contributed by atoms with Crippen LogP contribution in [0.4, 0.5) is 5.69 Å². The number of thiophene rings is 1. The minimum Gasteiger partial charge on any atom is -0.336 e. The number of benzene rings is 1. The fraction of sp³-hybridized carbons (Fsp3) is 0.294. The molecule has 1 saturated heterocycles. The van der Waals surface area contributed by atoms with Crippen LogP contribution in [0.5, 0.6) is 0 Å². The minimum absolute atomic E-state index is 0.0188. The topological polar surface area (TPSA) is 52.6 Å². The second-order valence-corrected chi connectivity index (χ2v) is 6.56. The lowest BCUT2D eigenvalue weighted by Gasteiger charge is -2.32. The molecule has 1 aromatic heterocycles. The third kappa shape index (κ3) is 3.78. The van der Waals surface area contributed by atoms with E-state index >= 15 is 0 Å². The van der Waals surface area contributed by atoms with Crippen molar-refractivity contribution in [2.75, 3.05) is 38.5 Å². The molecule has 23 heavy (non-hydrogen) atoms. The van der Waals surface area contributed by atoms with Crippen LogP contribution in [0.3, 0.4) is 0 Å². The summed E-state index contributed by atoms with van der Waals surface area (Å²) in [5.74, 6) is -0.130. The van der Waals surface area contributed by atoms with Gasteiger partial charge in [0, 0.05) is 37.4 Å². The zero-order valence-corrected chi connectivity index (χ0v) is 13.8. The maximum Gasteiger partial charge on any atom is 0.265 e. The van der Waals surface area contributed by atoms with Crippen molar-refractivity contribution in [1.82, 2.24) is 9.80 Å². The number of hydrogen-bond donors (Lipinski definition) is 1. The summed E-state index contributed by atoms with van der Waals surface area (Å²) >= 11 is 1.39. The van der Waals surface area contributed by atoms with Gasteiger partial charge in [0.15, 0.2) is 0 Å². The molecule has 0 spiro atoms. The first-order valence-corrected chi connectivity index (χ1v) is 8.44. The largest absolute Gasteiger partial charge is 0.336 e. The first-order valence-electron chi connectivity index (χ1n) is 7.56. The van der Waals surface area contributed by atoms with E-state index in [1.807, 2.05) is 16.3 Å². The molecule has 0 bridgehead atoms. The summed E-state index contributed by atoms with van der Waals surface area (Å²) in [4.78, 5) is 29.4. The van der Waals surface area contributed by atoms with Crippen molar-refractivity contribution in [1.29, 1.82) is 0 Å². The Hall–Kier alpha value is -2.18. The number of nitrogens with zero attached hydrogens (tertiary/aromatic N) is 2. The van der Waals surface area contributed by atoms with Gasteiger partial charge in [-0.25, -0.2) is 0 Å². The van der Waals surface area contributed by atoms with Gasteiger partial charge in [-0.1, -0.05) is 12.1 Å². The van der Waals surface area contributed by atoms with Gasteiger partial charge >= 0.3 is 0 Å². The normalized spacial score (nSPS) is 15.4. The van der Waals surface area contributed by atoms with Crippen molar-refractivity contribution in [3.05, 3.63) is 52.2 Å². The maximum atomic E-state index is 12.6. The van der Waals surface area contributed by atoms with Crippen LogP contribution in [0.2, 0.25) is 0 Å². The zero-order valence-electron chi connectivity index (χ0n) is 13.0. The quantitative estimate of drug-likeness (QED) is 0.941. The van der Waals surface area contributed by atoms with Gasteiger partial charge in [0.2, 0.25) is 0 Å². The van der Waals surface area contributed by atoms with E-state index in [2.05, 4.69) is 17.3 Å². The van der Waals surface area contributed by atoms with E-state index in [1.165, 1.54) is 11.3 Å². The Morgan fingerprint density at radius 3 is 2.57 bits per heavy atom. The standard InChI is InChI=1S/C17H19N3O2S/c1-19-7-9-20(10-8-19)17(22)13-4-2-5-14(12-13)18-16(21)15-6-3-11-23-15/h2-6,11-12H,7-10H2,1H3,(H,18,21). The zero-order chi connectivity index (χ0) is 16.2. The third-order valence-electron chi connectivity index (χ3n) is 3.90. The Balaban J connectivity index is 1.69. The molecule has 6 heteroatoms. The molecule has 2 aromatic rings. The number of likely N-dealkylation sites (N-methyl/N-ethyl adjacent to an activating group) is 1. The summed E-state index contributed by atoms with van der Waals surface area (Å²) in [5, 5.41) is 4.71. The van der Waals surface area contributed by atoms with Gasteiger partial charge in [-0.05, 0) is 36.7 Å². The Kier molecular flexibility index (Phi) is 4.73. The molecular formula is C17H19N3O2S. The number of piperazine rings is 1. The number of nitrogens with one attached hydrogen (secondary N) is 1. The van der Waals surface area contributed by atoms with Gasteiger partial charge in [0.05, 0.1) is 4.88 Å². The van der Waals surface area contributed by atoms with E-state index in [4.69, 9.17) is 0 Å². The molecule has 2 heterocycles. The SMILES string of the molecule is CN1CCN(C(=O)c2cccc(NC(=O)c3cccs3)c2)CC1. The molecule has 2 amide bonds. The lowest BCUT2D eigenvalue weighted by atomic mass is 10.1. The van der Waals surface area contributed by atoms with Gasteiger partial charge in [-0.2, -0.15) is 0 Å². The highest BCUT2D eigenvalue weighted by atomic mass is 32.1. The van der Waals surface area contributed by atoms with Gasteiger partial charge in [-0.3, -0.25) is 9.59 Å². The predicted octanol–water partition coefficient (Wildman–Crippen LogP) is 2.39. The van der Waals surface area contributed by atoms with Crippen LogP contribution in [0.15, 0.2) is 41.8 Å². The summed E-state index contributed by atoms with van der Waals surface area (Å²) in [5.41, 5.74) is 1.25. The molecule has 0 atom stereocenters. The van der Waals surface area contributed by atoms with E-state index < -0.39 is 0 Å². The highest BCUT2D eigenvalue weighted by molar-refractivity contribution is 7.12. The van der Waals surface area contributed by atoms with E-state index in [0.29, 0.717) is 16.1 Å². The highest BCUT2D eigenvalue weighted by Gasteiger charge is 2.20. The van der Waals surface area contributed by atoms with E-state index in [9.17, 15) is 9.59 Å². The number of amides is 2. The molecule has 0 aliphatic carbocycles. The number of hydrogen-bond acceptors (Lipinski definition) is 4. The maximum absolute atomic E-state index is 12.6. The van der Waals surface area contributed by atoms with Crippen LogP contribution in [0.1, 0.15) is 20.0 Å². The average Bonchev–Trinajstić information content (AvgIpc) is 3.10. The van der Waals surface area contributed by atoms with Crippen molar-refractivity contribution in [2.24, 2.45) is 0 Å². The van der Waals surface area contributed by atoms with Crippen LogP contribution in [0.25, 0.3) is 0 Å². The Morgan fingerprint density at radius 1 is 1.09 bits per heavy atom. The minimum atomic E-state index is -0.149. The fourth-order valence-electron chi connectivity index (χ4n) is 2.52.